The number of benzene rings is 2. The number of hydrogen-bond acceptors (Lipinski definition) is 6. The molecule has 182 valence electrons. The van der Waals surface area contributed by atoms with Crippen LogP contribution < -0.4 is 9.47 Å². The Morgan fingerprint density at radius 3 is 2.63 bits per heavy atom. The zero-order valence-corrected chi connectivity index (χ0v) is 20.8. The van der Waals surface area contributed by atoms with Crippen molar-refractivity contribution in [2.24, 2.45) is 0 Å². The summed E-state index contributed by atoms with van der Waals surface area (Å²) in [6, 6.07) is 15.5. The Hall–Kier alpha value is -3.36. The summed E-state index contributed by atoms with van der Waals surface area (Å²) in [6.45, 7) is 1.88. The molecule has 1 aliphatic rings. The van der Waals surface area contributed by atoms with E-state index >= 15 is 0 Å². The molecule has 2 aromatic carbocycles. The maximum Gasteiger partial charge on any atom is 0.254 e. The number of carbonyl (C=O) groups excluding carboxylic acids is 1. The first-order valence-electron chi connectivity index (χ1n) is 11.8. The largest absolute Gasteiger partial charge is 0.497 e. The maximum absolute atomic E-state index is 13.6. The predicted molar refractivity (Wildman–Crippen MR) is 137 cm³/mol. The number of nitrogens with zero attached hydrogens (tertiary/aromatic N) is 3. The van der Waals surface area contributed by atoms with Crippen molar-refractivity contribution in [2.45, 2.75) is 25.4 Å². The minimum atomic E-state index is -0.0558. The zero-order chi connectivity index (χ0) is 24.2. The molecule has 0 spiro atoms. The Morgan fingerprint density at radius 1 is 1.17 bits per heavy atom. The molecular formula is C27H29N3O4S. The Kier molecular flexibility index (Phi) is 7.01. The fourth-order valence-electron chi connectivity index (χ4n) is 4.43. The Balaban J connectivity index is 1.38. The molecule has 4 aromatic rings. The molecule has 5 rings (SSSR count). The predicted octanol–water partition coefficient (Wildman–Crippen LogP) is 4.94. The van der Waals surface area contributed by atoms with Crippen LogP contribution >= 0.6 is 11.3 Å². The van der Waals surface area contributed by atoms with Crippen molar-refractivity contribution in [1.82, 2.24) is 14.3 Å². The number of aromatic nitrogens is 2. The van der Waals surface area contributed by atoms with Gasteiger partial charge < -0.3 is 19.1 Å². The highest BCUT2D eigenvalue weighted by Crippen LogP contribution is 2.26. The molecule has 1 atom stereocenters. The van der Waals surface area contributed by atoms with E-state index in [1.54, 1.807) is 43.8 Å². The van der Waals surface area contributed by atoms with Gasteiger partial charge in [0.2, 0.25) is 0 Å². The van der Waals surface area contributed by atoms with Crippen molar-refractivity contribution in [3.63, 3.8) is 0 Å². The molecule has 35 heavy (non-hydrogen) atoms. The zero-order valence-electron chi connectivity index (χ0n) is 20.0. The molecule has 0 N–H and O–H groups in total. The van der Waals surface area contributed by atoms with Gasteiger partial charge in [0, 0.05) is 60.6 Å². The average Bonchev–Trinajstić information content (AvgIpc) is 3.65. The summed E-state index contributed by atoms with van der Waals surface area (Å²) in [4.78, 5) is 21.3. The minimum absolute atomic E-state index is 0.0558. The molecule has 0 aliphatic carbocycles. The fourth-order valence-corrected chi connectivity index (χ4v) is 5.34. The molecule has 1 fully saturated rings. The number of carbonyl (C=O) groups is 1. The van der Waals surface area contributed by atoms with Gasteiger partial charge in [-0.05, 0) is 25.0 Å². The number of imidazole rings is 1. The maximum atomic E-state index is 13.6. The molecule has 0 radical (unpaired) electrons. The first kappa shape index (κ1) is 23.4. The number of fused-ring (bicyclic) bond motifs is 1. The lowest BCUT2D eigenvalue weighted by molar-refractivity contribution is 0.0527. The Labute approximate surface area is 208 Å². The van der Waals surface area contributed by atoms with Gasteiger partial charge in [0.1, 0.15) is 11.5 Å². The highest BCUT2D eigenvalue weighted by Gasteiger charge is 2.25. The van der Waals surface area contributed by atoms with E-state index in [0.29, 0.717) is 36.6 Å². The summed E-state index contributed by atoms with van der Waals surface area (Å²) in [6.07, 6.45) is 4.85. The van der Waals surface area contributed by atoms with Crippen LogP contribution in [0.15, 0.2) is 60.1 Å². The summed E-state index contributed by atoms with van der Waals surface area (Å²) in [5, 5.41) is 2.13. The molecule has 8 heteroatoms. The third-order valence-electron chi connectivity index (χ3n) is 6.32. The van der Waals surface area contributed by atoms with Crippen molar-refractivity contribution >= 4 is 22.2 Å². The molecule has 3 heterocycles. The van der Waals surface area contributed by atoms with Crippen LogP contribution in [0.1, 0.15) is 28.9 Å². The van der Waals surface area contributed by atoms with Crippen molar-refractivity contribution < 1.29 is 19.0 Å². The fraction of sp³-hybridized carbons (Fsp3) is 0.333. The third kappa shape index (κ3) is 5.18. The summed E-state index contributed by atoms with van der Waals surface area (Å²) < 4.78 is 18.8. The third-order valence-corrected chi connectivity index (χ3v) is 7.21. The summed E-state index contributed by atoms with van der Waals surface area (Å²) in [5.74, 6) is 1.13. The van der Waals surface area contributed by atoms with E-state index in [2.05, 4.69) is 28.1 Å². The van der Waals surface area contributed by atoms with E-state index in [0.717, 1.165) is 41.4 Å². The molecule has 7 nitrogen and oxygen atoms in total. The van der Waals surface area contributed by atoms with Gasteiger partial charge in [-0.1, -0.05) is 30.3 Å². The summed E-state index contributed by atoms with van der Waals surface area (Å²) >= 11 is 1.62. The lowest BCUT2D eigenvalue weighted by atomic mass is 10.1. The smallest absolute Gasteiger partial charge is 0.254 e. The number of ether oxygens (including phenoxy) is 3. The number of methoxy groups -OCH3 is 2. The van der Waals surface area contributed by atoms with Gasteiger partial charge >= 0.3 is 0 Å². The van der Waals surface area contributed by atoms with Crippen LogP contribution in [0.4, 0.5) is 0 Å². The normalized spacial score (nSPS) is 15.4. The summed E-state index contributed by atoms with van der Waals surface area (Å²) in [7, 11) is 3.17. The first-order chi connectivity index (χ1) is 17.1. The number of amides is 1. The van der Waals surface area contributed by atoms with Crippen molar-refractivity contribution in [3.8, 4) is 22.8 Å². The molecule has 2 aromatic heterocycles. The van der Waals surface area contributed by atoms with Crippen LogP contribution in [0.2, 0.25) is 0 Å². The number of thiazole rings is 1. The SMILES string of the molecule is COc1cc(OC)cc(C(=O)N(CCc2csc3nc(-c4ccccc4)cn23)CC2CCCO2)c1. The topological polar surface area (TPSA) is 65.3 Å². The first-order valence-corrected chi connectivity index (χ1v) is 12.7. The second-order valence-corrected chi connectivity index (χ2v) is 9.45. The van der Waals surface area contributed by atoms with Crippen molar-refractivity contribution in [2.75, 3.05) is 33.9 Å². The van der Waals surface area contributed by atoms with Gasteiger partial charge in [0.15, 0.2) is 4.96 Å². The van der Waals surface area contributed by atoms with Gasteiger partial charge in [0.25, 0.3) is 5.91 Å². The van der Waals surface area contributed by atoms with Crippen molar-refractivity contribution in [3.05, 3.63) is 71.4 Å². The Bertz CT molecular complexity index is 1270. The average molecular weight is 492 g/mol. The molecule has 0 bridgehead atoms. The molecule has 0 saturated carbocycles. The van der Waals surface area contributed by atoms with Gasteiger partial charge in [0.05, 0.1) is 26.0 Å². The molecule has 1 unspecified atom stereocenters. The van der Waals surface area contributed by atoms with E-state index < -0.39 is 0 Å². The molecule has 1 aliphatic heterocycles. The van der Waals surface area contributed by atoms with Crippen LogP contribution in [0, 0.1) is 0 Å². The lowest BCUT2D eigenvalue weighted by Crippen LogP contribution is -2.39. The van der Waals surface area contributed by atoms with Crippen LogP contribution in [0.5, 0.6) is 11.5 Å². The van der Waals surface area contributed by atoms with E-state index in [9.17, 15) is 4.79 Å². The van der Waals surface area contributed by atoms with Gasteiger partial charge in [-0.25, -0.2) is 4.98 Å². The Morgan fingerprint density at radius 2 is 1.94 bits per heavy atom. The van der Waals surface area contributed by atoms with Crippen LogP contribution in [-0.4, -0.2) is 60.2 Å². The molecular weight excluding hydrogens is 462 g/mol. The van der Waals surface area contributed by atoms with E-state index in [-0.39, 0.29) is 12.0 Å². The van der Waals surface area contributed by atoms with E-state index in [1.807, 2.05) is 23.1 Å². The van der Waals surface area contributed by atoms with Gasteiger partial charge in [-0.3, -0.25) is 9.20 Å². The lowest BCUT2D eigenvalue weighted by Gasteiger charge is -2.26. The monoisotopic (exact) mass is 491 g/mol. The quantitative estimate of drug-likeness (QED) is 0.332. The van der Waals surface area contributed by atoms with E-state index in [1.165, 1.54) is 0 Å². The second kappa shape index (κ2) is 10.5. The number of rotatable bonds is 9. The standard InChI is InChI=1S/C27H29N3O4S/c1-32-23-13-20(14-24(15-23)33-2)26(31)29(16-22-9-6-12-34-22)11-10-21-18-35-27-28-25(17-30(21)27)19-7-4-3-5-8-19/h3-5,7-8,13-15,17-18,22H,6,9-12,16H2,1-2H3. The number of hydrogen-bond donors (Lipinski definition) is 0. The molecule has 1 saturated heterocycles. The highest BCUT2D eigenvalue weighted by molar-refractivity contribution is 7.15. The highest BCUT2D eigenvalue weighted by atomic mass is 32.1. The van der Waals surface area contributed by atoms with Gasteiger partial charge in [-0.2, -0.15) is 0 Å². The van der Waals surface area contributed by atoms with Gasteiger partial charge in [-0.15, -0.1) is 11.3 Å². The van der Waals surface area contributed by atoms with Crippen LogP contribution in [-0.2, 0) is 11.2 Å². The van der Waals surface area contributed by atoms with Crippen molar-refractivity contribution in [1.29, 1.82) is 0 Å². The molecule has 1 amide bonds. The summed E-state index contributed by atoms with van der Waals surface area (Å²) in [5.41, 5.74) is 3.72. The van der Waals surface area contributed by atoms with Crippen LogP contribution in [0.25, 0.3) is 16.2 Å². The minimum Gasteiger partial charge on any atom is -0.497 e. The second-order valence-electron chi connectivity index (χ2n) is 8.61. The van der Waals surface area contributed by atoms with Crippen LogP contribution in [0.3, 0.4) is 0 Å². The van der Waals surface area contributed by atoms with E-state index in [4.69, 9.17) is 19.2 Å².